The predicted molar refractivity (Wildman–Crippen MR) is 87.7 cm³/mol. The number of aromatic nitrogens is 2. The van der Waals surface area contributed by atoms with E-state index in [9.17, 15) is 0 Å². The van der Waals surface area contributed by atoms with Gasteiger partial charge in [0.05, 0.1) is 5.69 Å². The lowest BCUT2D eigenvalue weighted by Crippen LogP contribution is -1.87. The molecule has 0 radical (unpaired) electrons. The molecule has 5 aromatic rings. The summed E-state index contributed by atoms with van der Waals surface area (Å²) in [6, 6.07) is 21.7. The molecule has 0 saturated carbocycles. The van der Waals surface area contributed by atoms with Crippen LogP contribution in [0.5, 0.6) is 0 Å². The van der Waals surface area contributed by atoms with Gasteiger partial charge in [-0.05, 0) is 38.4 Å². The van der Waals surface area contributed by atoms with Crippen molar-refractivity contribution in [1.29, 1.82) is 0 Å². The largest absolute Gasteiger partial charge is 0.278 e. The molecule has 1 N–H and O–H groups in total. The molecule has 0 spiro atoms. The van der Waals surface area contributed by atoms with Crippen LogP contribution in [0, 0.1) is 0 Å². The van der Waals surface area contributed by atoms with E-state index in [-0.39, 0.29) is 0 Å². The smallest absolute Gasteiger partial charge is 0.0656 e. The van der Waals surface area contributed by atoms with Gasteiger partial charge in [0, 0.05) is 11.8 Å². The molecule has 0 fully saturated rings. The van der Waals surface area contributed by atoms with Gasteiger partial charge < -0.3 is 0 Å². The van der Waals surface area contributed by atoms with E-state index in [2.05, 4.69) is 64.8 Å². The summed E-state index contributed by atoms with van der Waals surface area (Å²) < 4.78 is 0. The molecule has 21 heavy (non-hydrogen) atoms. The number of H-pyrrole nitrogens is 1. The first-order valence-electron chi connectivity index (χ1n) is 7.08. The highest BCUT2D eigenvalue weighted by Crippen LogP contribution is 2.38. The topological polar surface area (TPSA) is 28.7 Å². The highest BCUT2D eigenvalue weighted by Gasteiger charge is 2.11. The molecule has 1 heterocycles. The van der Waals surface area contributed by atoms with Gasteiger partial charge in [-0.3, -0.25) is 5.10 Å². The molecule has 4 aromatic carbocycles. The second kappa shape index (κ2) is 3.83. The molecule has 0 saturated heterocycles. The maximum Gasteiger partial charge on any atom is 0.0656 e. The molecule has 0 atom stereocenters. The Morgan fingerprint density at radius 3 is 2.14 bits per heavy atom. The van der Waals surface area contributed by atoms with Crippen LogP contribution in [0.15, 0.2) is 66.9 Å². The fourth-order valence-corrected chi connectivity index (χ4v) is 3.38. The molecular weight excluding hydrogens is 256 g/mol. The first kappa shape index (κ1) is 10.9. The number of hydrogen-bond donors (Lipinski definition) is 1. The Balaban J connectivity index is 2.07. The maximum atomic E-state index is 4.08. The summed E-state index contributed by atoms with van der Waals surface area (Å²) in [6.45, 7) is 0. The van der Waals surface area contributed by atoms with Gasteiger partial charge in [0.15, 0.2) is 0 Å². The summed E-state index contributed by atoms with van der Waals surface area (Å²) in [5.41, 5.74) is 2.27. The minimum Gasteiger partial charge on any atom is -0.278 e. The van der Waals surface area contributed by atoms with Gasteiger partial charge in [0.2, 0.25) is 0 Å². The lowest BCUT2D eigenvalue weighted by molar-refractivity contribution is 1.10. The highest BCUT2D eigenvalue weighted by molar-refractivity contribution is 6.25. The Kier molecular flexibility index (Phi) is 1.98. The van der Waals surface area contributed by atoms with Crippen molar-refractivity contribution in [3.8, 4) is 11.3 Å². The molecule has 0 bridgehead atoms. The molecule has 2 heteroatoms. The average Bonchev–Trinajstić information content (AvgIpc) is 3.07. The molecule has 98 valence electrons. The van der Waals surface area contributed by atoms with Crippen molar-refractivity contribution in [2.75, 3.05) is 0 Å². The van der Waals surface area contributed by atoms with Crippen LogP contribution in [0.1, 0.15) is 0 Å². The monoisotopic (exact) mass is 268 g/mol. The van der Waals surface area contributed by atoms with E-state index in [1.54, 1.807) is 6.20 Å². The quantitative estimate of drug-likeness (QED) is 0.427. The van der Waals surface area contributed by atoms with Crippen molar-refractivity contribution in [2.45, 2.75) is 0 Å². The number of aromatic amines is 1. The normalized spacial score (nSPS) is 11.8. The molecular formula is C19H12N2. The van der Waals surface area contributed by atoms with Gasteiger partial charge in [-0.2, -0.15) is 5.10 Å². The number of nitrogens with one attached hydrogen (secondary N) is 1. The molecule has 0 unspecified atom stereocenters. The van der Waals surface area contributed by atoms with Gasteiger partial charge in [0.1, 0.15) is 0 Å². The van der Waals surface area contributed by atoms with E-state index in [0.717, 1.165) is 5.69 Å². The van der Waals surface area contributed by atoms with Crippen LogP contribution < -0.4 is 0 Å². The van der Waals surface area contributed by atoms with Gasteiger partial charge in [-0.25, -0.2) is 0 Å². The molecule has 0 aliphatic rings. The third-order valence-corrected chi connectivity index (χ3v) is 4.32. The van der Waals surface area contributed by atoms with Crippen molar-refractivity contribution < 1.29 is 0 Å². The zero-order valence-electron chi connectivity index (χ0n) is 11.3. The predicted octanol–water partition coefficient (Wildman–Crippen LogP) is 4.97. The van der Waals surface area contributed by atoms with Crippen LogP contribution in [0.25, 0.3) is 43.6 Å². The zero-order valence-corrected chi connectivity index (χ0v) is 11.3. The Morgan fingerprint density at radius 1 is 0.667 bits per heavy atom. The Bertz CT molecular complexity index is 1060. The minimum absolute atomic E-state index is 1.06. The minimum atomic E-state index is 1.06. The first-order chi connectivity index (χ1) is 10.4. The molecule has 5 rings (SSSR count). The van der Waals surface area contributed by atoms with Crippen LogP contribution >= 0.6 is 0 Å². The van der Waals surface area contributed by atoms with Crippen LogP contribution in [0.4, 0.5) is 0 Å². The van der Waals surface area contributed by atoms with E-state index in [1.807, 2.05) is 6.07 Å². The van der Waals surface area contributed by atoms with Crippen LogP contribution in [-0.4, -0.2) is 10.2 Å². The van der Waals surface area contributed by atoms with Crippen LogP contribution in [0.2, 0.25) is 0 Å². The summed E-state index contributed by atoms with van der Waals surface area (Å²) in [6.07, 6.45) is 1.80. The Labute approximate surface area is 121 Å². The van der Waals surface area contributed by atoms with Crippen LogP contribution in [0.3, 0.4) is 0 Å². The second-order valence-electron chi connectivity index (χ2n) is 5.44. The standard InChI is InChI=1S/C19H12N2/c1-2-12-4-5-14-6-8-15(17-10-11-20-21-17)16-9-7-13(3-1)18(12)19(14)16/h1-11H,(H,20,21). The molecule has 0 amide bonds. The number of rotatable bonds is 1. The lowest BCUT2D eigenvalue weighted by Gasteiger charge is -2.13. The summed E-state index contributed by atoms with van der Waals surface area (Å²) in [7, 11) is 0. The van der Waals surface area contributed by atoms with E-state index in [4.69, 9.17) is 0 Å². The number of hydrogen-bond acceptors (Lipinski definition) is 1. The van der Waals surface area contributed by atoms with E-state index in [1.165, 1.54) is 37.9 Å². The summed E-state index contributed by atoms with van der Waals surface area (Å²) >= 11 is 0. The molecule has 1 aromatic heterocycles. The van der Waals surface area contributed by atoms with Crippen molar-refractivity contribution in [2.24, 2.45) is 0 Å². The number of benzene rings is 4. The van der Waals surface area contributed by atoms with Gasteiger partial charge >= 0.3 is 0 Å². The van der Waals surface area contributed by atoms with Gasteiger partial charge in [-0.15, -0.1) is 0 Å². The fraction of sp³-hybridized carbons (Fsp3) is 0. The van der Waals surface area contributed by atoms with Crippen molar-refractivity contribution in [3.63, 3.8) is 0 Å². The first-order valence-corrected chi connectivity index (χ1v) is 7.08. The summed E-state index contributed by atoms with van der Waals surface area (Å²) in [4.78, 5) is 0. The van der Waals surface area contributed by atoms with E-state index < -0.39 is 0 Å². The second-order valence-corrected chi connectivity index (χ2v) is 5.44. The Hall–Kier alpha value is -2.87. The molecule has 0 aliphatic carbocycles. The SMILES string of the molecule is c1cc2ccc3ccc(-c4ccn[nH]4)c4ccc(c1)c2c34. The third-order valence-electron chi connectivity index (χ3n) is 4.32. The van der Waals surface area contributed by atoms with Crippen molar-refractivity contribution in [3.05, 3.63) is 66.9 Å². The summed E-state index contributed by atoms with van der Waals surface area (Å²) in [5.74, 6) is 0. The molecule has 0 aliphatic heterocycles. The fourth-order valence-electron chi connectivity index (χ4n) is 3.38. The number of nitrogens with zero attached hydrogens (tertiary/aromatic N) is 1. The maximum absolute atomic E-state index is 4.08. The van der Waals surface area contributed by atoms with Gasteiger partial charge in [-0.1, -0.05) is 54.6 Å². The zero-order chi connectivity index (χ0) is 13.8. The van der Waals surface area contributed by atoms with Crippen LogP contribution in [-0.2, 0) is 0 Å². The van der Waals surface area contributed by atoms with Crippen molar-refractivity contribution >= 4 is 32.3 Å². The van der Waals surface area contributed by atoms with Gasteiger partial charge in [0.25, 0.3) is 0 Å². The third kappa shape index (κ3) is 1.39. The van der Waals surface area contributed by atoms with E-state index >= 15 is 0 Å². The Morgan fingerprint density at radius 2 is 1.38 bits per heavy atom. The highest BCUT2D eigenvalue weighted by atomic mass is 15.1. The summed E-state index contributed by atoms with van der Waals surface area (Å²) in [5, 5.41) is 15.0. The molecule has 2 nitrogen and oxygen atoms in total. The van der Waals surface area contributed by atoms with E-state index in [0.29, 0.717) is 0 Å². The van der Waals surface area contributed by atoms with Crippen molar-refractivity contribution in [1.82, 2.24) is 10.2 Å². The lowest BCUT2D eigenvalue weighted by atomic mass is 9.91. The average molecular weight is 268 g/mol.